The maximum absolute atomic E-state index is 12.2. The maximum atomic E-state index is 12.2. The second-order valence-electron chi connectivity index (χ2n) is 4.26. The first kappa shape index (κ1) is 15.9. The number of alkyl halides is 1. The zero-order valence-electron chi connectivity index (χ0n) is 10.4. The Kier molecular flexibility index (Phi) is 5.57. The molecule has 104 valence electrons. The molecule has 1 atom stereocenters. The zero-order chi connectivity index (χ0) is 13.9. The predicted molar refractivity (Wildman–Crippen MR) is 73.0 cm³/mol. The van der Waals surface area contributed by atoms with Crippen LogP contribution < -0.4 is 4.72 Å². The highest BCUT2D eigenvalue weighted by Crippen LogP contribution is 2.19. The van der Waals surface area contributed by atoms with Gasteiger partial charge in [0.05, 0.1) is 0 Å². The van der Waals surface area contributed by atoms with Crippen LogP contribution in [0.25, 0.3) is 0 Å². The fourth-order valence-corrected chi connectivity index (χ4v) is 4.26. The molecule has 0 radical (unpaired) electrons. The van der Waals surface area contributed by atoms with Crippen molar-refractivity contribution < 1.29 is 8.42 Å². The lowest BCUT2D eigenvalue weighted by atomic mass is 10.0. The van der Waals surface area contributed by atoms with E-state index in [1.165, 1.54) is 11.7 Å². The van der Waals surface area contributed by atoms with Crippen molar-refractivity contribution in [2.75, 3.05) is 5.88 Å². The van der Waals surface area contributed by atoms with Gasteiger partial charge in [-0.05, 0) is 28.3 Å². The number of halogens is 2. The van der Waals surface area contributed by atoms with Crippen molar-refractivity contribution in [3.05, 3.63) is 4.60 Å². The molecule has 0 aliphatic heterocycles. The number of hydrogen-bond acceptors (Lipinski definition) is 4. The van der Waals surface area contributed by atoms with E-state index < -0.39 is 10.0 Å². The lowest BCUT2D eigenvalue weighted by Crippen LogP contribution is -2.39. The molecule has 1 N–H and O–H groups in total. The lowest BCUT2D eigenvalue weighted by molar-refractivity contribution is 0.436. The first-order chi connectivity index (χ1) is 8.29. The average Bonchev–Trinajstić information content (AvgIpc) is 2.58. The Balaban J connectivity index is 3.01. The number of nitrogens with zero attached hydrogens (tertiary/aromatic N) is 3. The van der Waals surface area contributed by atoms with Crippen LogP contribution in [0.1, 0.15) is 20.3 Å². The third kappa shape index (κ3) is 3.66. The molecule has 9 heteroatoms. The third-order valence-corrected chi connectivity index (χ3v) is 5.12. The standard InChI is InChI=1S/C9H16BrClN4O2S/c1-6(2)7(4-5-11)13-18(16,17)9-8(10)12-14-15(9)3/h6-7,13H,4-5H2,1-3H3. The van der Waals surface area contributed by atoms with E-state index in [0.717, 1.165) is 0 Å². The predicted octanol–water partition coefficient (Wildman–Crippen LogP) is 1.51. The van der Waals surface area contributed by atoms with Gasteiger partial charge >= 0.3 is 0 Å². The molecule has 6 nitrogen and oxygen atoms in total. The topological polar surface area (TPSA) is 76.9 Å². The smallest absolute Gasteiger partial charge is 0.235 e. The van der Waals surface area contributed by atoms with Crippen LogP contribution in [0.15, 0.2) is 9.63 Å². The van der Waals surface area contributed by atoms with Crippen molar-refractivity contribution in [2.45, 2.75) is 31.3 Å². The summed E-state index contributed by atoms with van der Waals surface area (Å²) in [5.74, 6) is 0.550. The largest absolute Gasteiger partial charge is 0.260 e. The van der Waals surface area contributed by atoms with Crippen LogP contribution in [0.4, 0.5) is 0 Å². The van der Waals surface area contributed by atoms with Gasteiger partial charge in [0.1, 0.15) is 0 Å². The van der Waals surface area contributed by atoms with E-state index in [1.54, 1.807) is 0 Å². The molecule has 0 saturated carbocycles. The Labute approximate surface area is 120 Å². The minimum absolute atomic E-state index is 0.0164. The summed E-state index contributed by atoms with van der Waals surface area (Å²) >= 11 is 8.76. The monoisotopic (exact) mass is 358 g/mol. The summed E-state index contributed by atoms with van der Waals surface area (Å²) in [7, 11) is -2.14. The second kappa shape index (κ2) is 6.31. The van der Waals surface area contributed by atoms with Gasteiger partial charge < -0.3 is 0 Å². The maximum Gasteiger partial charge on any atom is 0.260 e. The molecule has 0 spiro atoms. The second-order valence-corrected chi connectivity index (χ2v) is 7.02. The molecule has 0 saturated heterocycles. The van der Waals surface area contributed by atoms with Gasteiger partial charge in [-0.3, -0.25) is 0 Å². The molecule has 1 rings (SSSR count). The van der Waals surface area contributed by atoms with Crippen LogP contribution in [0.3, 0.4) is 0 Å². The molecule has 0 amide bonds. The molecule has 1 aromatic heterocycles. The highest BCUT2D eigenvalue weighted by atomic mass is 79.9. The molecule has 1 aromatic rings. The first-order valence-electron chi connectivity index (χ1n) is 5.43. The molecule has 0 aliphatic carbocycles. The van der Waals surface area contributed by atoms with Crippen molar-refractivity contribution in [1.82, 2.24) is 19.7 Å². The molecule has 0 aromatic carbocycles. The van der Waals surface area contributed by atoms with Gasteiger partial charge in [0.25, 0.3) is 10.0 Å². The number of aromatic nitrogens is 3. The van der Waals surface area contributed by atoms with E-state index >= 15 is 0 Å². The molecule has 1 heterocycles. The van der Waals surface area contributed by atoms with Crippen LogP contribution in [-0.4, -0.2) is 35.3 Å². The highest BCUT2D eigenvalue weighted by Gasteiger charge is 2.27. The van der Waals surface area contributed by atoms with Crippen LogP contribution in [0.2, 0.25) is 0 Å². The molecular formula is C9H16BrClN4O2S. The molecule has 0 fully saturated rings. The number of rotatable bonds is 6. The van der Waals surface area contributed by atoms with Crippen molar-refractivity contribution in [2.24, 2.45) is 13.0 Å². The summed E-state index contributed by atoms with van der Waals surface area (Å²) in [5, 5.41) is 7.34. The Morgan fingerprint density at radius 2 is 2.11 bits per heavy atom. The van der Waals surface area contributed by atoms with Crippen molar-refractivity contribution in [3.63, 3.8) is 0 Å². The number of sulfonamides is 1. The van der Waals surface area contributed by atoms with Crippen LogP contribution in [-0.2, 0) is 17.1 Å². The Bertz CT molecular complexity index is 483. The summed E-state index contributed by atoms with van der Waals surface area (Å²) in [6, 6.07) is -0.214. The van der Waals surface area contributed by atoms with Gasteiger partial charge in [0, 0.05) is 19.0 Å². The van der Waals surface area contributed by atoms with E-state index in [-0.39, 0.29) is 21.6 Å². The fraction of sp³-hybridized carbons (Fsp3) is 0.778. The number of hydrogen-bond donors (Lipinski definition) is 1. The molecule has 18 heavy (non-hydrogen) atoms. The van der Waals surface area contributed by atoms with Gasteiger partial charge in [-0.1, -0.05) is 19.1 Å². The quantitative estimate of drug-likeness (QED) is 0.781. The van der Waals surface area contributed by atoms with Crippen LogP contribution in [0.5, 0.6) is 0 Å². The summed E-state index contributed by atoms with van der Waals surface area (Å²) in [4.78, 5) is 0. The summed E-state index contributed by atoms with van der Waals surface area (Å²) < 4.78 is 28.5. The van der Waals surface area contributed by atoms with E-state index in [0.29, 0.717) is 12.3 Å². The van der Waals surface area contributed by atoms with Gasteiger partial charge in [-0.15, -0.1) is 16.7 Å². The summed E-state index contributed by atoms with van der Waals surface area (Å²) in [6.45, 7) is 3.88. The van der Waals surface area contributed by atoms with E-state index in [1.807, 2.05) is 13.8 Å². The lowest BCUT2D eigenvalue weighted by Gasteiger charge is -2.21. The summed E-state index contributed by atoms with van der Waals surface area (Å²) in [6.07, 6.45) is 0.571. The number of nitrogens with one attached hydrogen (secondary N) is 1. The minimum atomic E-state index is -3.66. The van der Waals surface area contributed by atoms with Gasteiger partial charge in [0.15, 0.2) is 4.60 Å². The van der Waals surface area contributed by atoms with Gasteiger partial charge in [-0.25, -0.2) is 17.8 Å². The van der Waals surface area contributed by atoms with Gasteiger partial charge in [0.2, 0.25) is 5.03 Å². The van der Waals surface area contributed by atoms with E-state index in [4.69, 9.17) is 11.6 Å². The molecule has 0 aliphatic rings. The minimum Gasteiger partial charge on any atom is -0.235 e. The Hall–Kier alpha value is -0.180. The molecule has 1 unspecified atom stereocenters. The average molecular weight is 360 g/mol. The summed E-state index contributed by atoms with van der Waals surface area (Å²) in [5.41, 5.74) is 0. The van der Waals surface area contributed by atoms with Crippen LogP contribution in [0, 0.1) is 5.92 Å². The first-order valence-corrected chi connectivity index (χ1v) is 8.24. The normalized spacial score (nSPS) is 14.1. The molecule has 0 bridgehead atoms. The van der Waals surface area contributed by atoms with Gasteiger partial charge in [-0.2, -0.15) is 0 Å². The molecular weight excluding hydrogens is 344 g/mol. The van der Waals surface area contributed by atoms with Crippen molar-refractivity contribution in [1.29, 1.82) is 0 Å². The van der Waals surface area contributed by atoms with E-state index in [2.05, 4.69) is 31.0 Å². The SMILES string of the molecule is CC(C)C(CCCl)NS(=O)(=O)c1c(Br)nnn1C. The number of aryl methyl sites for hydroxylation is 1. The van der Waals surface area contributed by atoms with Crippen LogP contribution >= 0.6 is 27.5 Å². The van der Waals surface area contributed by atoms with Crippen molar-refractivity contribution >= 4 is 37.6 Å². The fourth-order valence-electron chi connectivity index (χ4n) is 1.51. The van der Waals surface area contributed by atoms with E-state index in [9.17, 15) is 8.42 Å². The van der Waals surface area contributed by atoms with Crippen molar-refractivity contribution in [3.8, 4) is 0 Å². The Morgan fingerprint density at radius 3 is 2.50 bits per heavy atom. The zero-order valence-corrected chi connectivity index (χ0v) is 13.5. The highest BCUT2D eigenvalue weighted by molar-refractivity contribution is 9.10. The third-order valence-electron chi connectivity index (χ3n) is 2.52. The Morgan fingerprint density at radius 1 is 1.50 bits per heavy atom.